The van der Waals surface area contributed by atoms with Gasteiger partial charge in [-0.3, -0.25) is 0 Å². The Balaban J connectivity index is 1.53. The van der Waals surface area contributed by atoms with Crippen LogP contribution in [-0.2, 0) is 11.3 Å². The van der Waals surface area contributed by atoms with Gasteiger partial charge in [0.2, 0.25) is 5.89 Å². The summed E-state index contributed by atoms with van der Waals surface area (Å²) in [5.41, 5.74) is 5.33. The van der Waals surface area contributed by atoms with E-state index in [0.29, 0.717) is 11.4 Å². The molecule has 0 aliphatic rings. The van der Waals surface area contributed by atoms with Crippen LogP contribution in [0.1, 0.15) is 27.0 Å². The second-order valence-corrected chi connectivity index (χ2v) is 10.2. The fraction of sp³-hybridized carbons (Fsp3) is 0.200. The average molecular weight is 507 g/mol. The summed E-state index contributed by atoms with van der Waals surface area (Å²) in [4.78, 5) is 30.3. The smallest absolute Gasteiger partial charge is 0.434 e. The molecule has 3 aromatic heterocycles. The number of carbonyl (C=O) groups excluding carboxylic acids is 1. The Morgan fingerprint density at radius 3 is 2.57 bits per heavy atom. The molecular weight excluding hydrogens is 484 g/mol. The van der Waals surface area contributed by atoms with E-state index in [1.54, 1.807) is 11.8 Å². The number of benzene rings is 2. The van der Waals surface area contributed by atoms with Gasteiger partial charge < -0.3 is 13.7 Å². The number of thiophene rings is 1. The fourth-order valence-corrected chi connectivity index (χ4v) is 5.75. The van der Waals surface area contributed by atoms with Crippen molar-refractivity contribution >= 4 is 40.1 Å². The molecule has 5 aromatic rings. The van der Waals surface area contributed by atoms with Gasteiger partial charge in [-0.1, -0.05) is 61.2 Å². The second kappa shape index (κ2) is 9.55. The molecule has 2 aromatic carbocycles. The molecule has 0 saturated heterocycles. The third kappa shape index (κ3) is 4.30. The predicted octanol–water partition coefficient (Wildman–Crippen LogP) is 5.36. The topological polar surface area (TPSA) is 103 Å². The molecule has 0 unspecified atom stereocenters. The normalized spacial score (nSPS) is 11.3. The number of methoxy groups -OCH3 is 1. The first kappa shape index (κ1) is 23.1. The Hall–Kier alpha value is -3.63. The zero-order valence-electron chi connectivity index (χ0n) is 19.3. The molecule has 1 N–H and O–H groups in total. The lowest BCUT2D eigenvalue weighted by atomic mass is 9.98. The maximum absolute atomic E-state index is 12.5. The summed E-state index contributed by atoms with van der Waals surface area (Å²) in [5, 5.41) is 7.16. The third-order valence-electron chi connectivity index (χ3n) is 5.58. The Kier molecular flexibility index (Phi) is 6.31. The molecule has 0 fully saturated rings. The van der Waals surface area contributed by atoms with Gasteiger partial charge in [0.25, 0.3) is 0 Å². The van der Waals surface area contributed by atoms with Crippen molar-refractivity contribution in [3.05, 3.63) is 74.4 Å². The average Bonchev–Trinajstić information content (AvgIpc) is 3.55. The summed E-state index contributed by atoms with van der Waals surface area (Å²) < 4.78 is 12.3. The molecule has 0 bridgehead atoms. The van der Waals surface area contributed by atoms with Crippen molar-refractivity contribution in [1.82, 2.24) is 19.7 Å². The Labute approximate surface area is 209 Å². The van der Waals surface area contributed by atoms with Crippen LogP contribution in [0.15, 0.2) is 62.9 Å². The second-order valence-electron chi connectivity index (χ2n) is 7.75. The van der Waals surface area contributed by atoms with Gasteiger partial charge in [0.05, 0.1) is 19.2 Å². The van der Waals surface area contributed by atoms with Gasteiger partial charge >= 0.3 is 11.7 Å². The summed E-state index contributed by atoms with van der Waals surface area (Å²) >= 11 is 3.06. The van der Waals surface area contributed by atoms with Crippen LogP contribution in [0.2, 0.25) is 0 Å². The molecule has 3 heterocycles. The molecule has 0 spiro atoms. The fourth-order valence-electron chi connectivity index (χ4n) is 4.01. The van der Waals surface area contributed by atoms with E-state index < -0.39 is 5.76 Å². The highest BCUT2D eigenvalue weighted by molar-refractivity contribution is 7.99. The molecule has 0 saturated carbocycles. The first-order valence-electron chi connectivity index (χ1n) is 10.9. The number of carbonyl (C=O) groups is 1. The molecule has 5 rings (SSSR count). The minimum absolute atomic E-state index is 0.250. The number of rotatable bonds is 7. The zero-order chi connectivity index (χ0) is 24.5. The van der Waals surface area contributed by atoms with Crippen molar-refractivity contribution in [2.45, 2.75) is 25.5 Å². The SMILES string of the molecule is CCSc1nc2c(C)sc(C(=O)OC)c2n1Cc1ccc(-c2ccccc2-c2n[nH]c(=O)o2)cc1. The number of aromatic nitrogens is 4. The maximum Gasteiger partial charge on any atom is 0.434 e. The maximum atomic E-state index is 12.5. The van der Waals surface area contributed by atoms with E-state index in [4.69, 9.17) is 14.1 Å². The van der Waals surface area contributed by atoms with E-state index in [1.165, 1.54) is 18.4 Å². The van der Waals surface area contributed by atoms with Gasteiger partial charge in [0.1, 0.15) is 10.4 Å². The van der Waals surface area contributed by atoms with Crippen molar-refractivity contribution in [2.24, 2.45) is 0 Å². The van der Waals surface area contributed by atoms with Crippen LogP contribution in [0.3, 0.4) is 0 Å². The first-order chi connectivity index (χ1) is 17.0. The molecule has 0 aliphatic heterocycles. The number of imidazole rings is 1. The predicted molar refractivity (Wildman–Crippen MR) is 137 cm³/mol. The van der Waals surface area contributed by atoms with Gasteiger partial charge in [-0.15, -0.1) is 16.4 Å². The number of fused-ring (bicyclic) bond motifs is 1. The molecular formula is C25H22N4O4S2. The Morgan fingerprint density at radius 2 is 1.91 bits per heavy atom. The van der Waals surface area contributed by atoms with Crippen LogP contribution in [0.5, 0.6) is 0 Å². The number of nitrogens with one attached hydrogen (secondary N) is 1. The van der Waals surface area contributed by atoms with E-state index in [-0.39, 0.29) is 11.9 Å². The van der Waals surface area contributed by atoms with E-state index >= 15 is 0 Å². The number of thioether (sulfide) groups is 1. The highest BCUT2D eigenvalue weighted by Gasteiger charge is 2.24. The highest BCUT2D eigenvalue weighted by atomic mass is 32.2. The number of aromatic amines is 1. The zero-order valence-corrected chi connectivity index (χ0v) is 21.0. The summed E-state index contributed by atoms with van der Waals surface area (Å²) in [6.45, 7) is 4.62. The minimum atomic E-state index is -0.590. The quantitative estimate of drug-likeness (QED) is 0.234. The molecule has 0 amide bonds. The minimum Gasteiger partial charge on any atom is -0.465 e. The van der Waals surface area contributed by atoms with Crippen LogP contribution in [-0.4, -0.2) is 38.6 Å². The van der Waals surface area contributed by atoms with Gasteiger partial charge in [0.15, 0.2) is 5.16 Å². The summed E-state index contributed by atoms with van der Waals surface area (Å²) in [5.74, 6) is 0.181. The number of ether oxygens (including phenoxy) is 1. The number of hydrogen-bond acceptors (Lipinski definition) is 8. The summed E-state index contributed by atoms with van der Waals surface area (Å²) in [6, 6.07) is 15.8. The molecule has 0 atom stereocenters. The number of hydrogen-bond donors (Lipinski definition) is 1. The van der Waals surface area contributed by atoms with Gasteiger partial charge in [0, 0.05) is 10.4 Å². The molecule has 0 radical (unpaired) electrons. The summed E-state index contributed by atoms with van der Waals surface area (Å²) in [7, 11) is 1.40. The lowest BCUT2D eigenvalue weighted by Gasteiger charge is -2.11. The summed E-state index contributed by atoms with van der Waals surface area (Å²) in [6.07, 6.45) is 0. The van der Waals surface area contributed by atoms with Crippen molar-refractivity contribution in [3.63, 3.8) is 0 Å². The third-order valence-corrected chi connectivity index (χ3v) is 7.50. The van der Waals surface area contributed by atoms with Crippen LogP contribution in [0.25, 0.3) is 33.6 Å². The van der Waals surface area contributed by atoms with Crippen LogP contribution in [0, 0.1) is 6.92 Å². The van der Waals surface area contributed by atoms with Crippen molar-refractivity contribution in [2.75, 3.05) is 12.9 Å². The first-order valence-corrected chi connectivity index (χ1v) is 12.7. The van der Waals surface area contributed by atoms with Crippen LogP contribution >= 0.6 is 23.1 Å². The van der Waals surface area contributed by atoms with Crippen molar-refractivity contribution in [1.29, 1.82) is 0 Å². The Bertz CT molecular complexity index is 1580. The molecule has 35 heavy (non-hydrogen) atoms. The number of H-pyrrole nitrogens is 1. The van der Waals surface area contributed by atoms with Crippen LogP contribution in [0.4, 0.5) is 0 Å². The van der Waals surface area contributed by atoms with Crippen molar-refractivity contribution in [3.8, 4) is 22.6 Å². The number of esters is 1. The highest BCUT2D eigenvalue weighted by Crippen LogP contribution is 2.36. The number of aryl methyl sites for hydroxylation is 1. The molecule has 178 valence electrons. The lowest BCUT2D eigenvalue weighted by molar-refractivity contribution is 0.0608. The lowest BCUT2D eigenvalue weighted by Crippen LogP contribution is -2.06. The standard InChI is InChI=1S/C25H22N4O4S2/c1-4-34-24-26-19-14(2)35-21(23(30)32-3)20(19)29(24)13-15-9-11-16(12-10-15)17-7-5-6-8-18(17)22-27-28-25(31)33-22/h5-12H,4,13H2,1-3H3,(H,28,31). The monoisotopic (exact) mass is 506 g/mol. The molecule has 10 heteroatoms. The Morgan fingerprint density at radius 1 is 1.17 bits per heavy atom. The van der Waals surface area contributed by atoms with Gasteiger partial charge in [-0.2, -0.15) is 0 Å². The largest absolute Gasteiger partial charge is 0.465 e. The van der Waals surface area contributed by atoms with E-state index in [2.05, 4.69) is 33.8 Å². The van der Waals surface area contributed by atoms with E-state index in [1.807, 2.05) is 43.3 Å². The van der Waals surface area contributed by atoms with E-state index in [9.17, 15) is 9.59 Å². The van der Waals surface area contributed by atoms with Gasteiger partial charge in [-0.25, -0.2) is 19.7 Å². The van der Waals surface area contributed by atoms with Crippen molar-refractivity contribution < 1.29 is 13.9 Å². The molecule has 0 aliphatic carbocycles. The number of nitrogens with zero attached hydrogens (tertiary/aromatic N) is 3. The van der Waals surface area contributed by atoms with Gasteiger partial charge in [-0.05, 0) is 35.4 Å². The van der Waals surface area contributed by atoms with Crippen LogP contribution < -0.4 is 5.76 Å². The molecule has 8 nitrogen and oxygen atoms in total. The van der Waals surface area contributed by atoms with E-state index in [0.717, 1.165) is 49.1 Å².